The first-order valence-corrected chi connectivity index (χ1v) is 5.74. The van der Waals surface area contributed by atoms with Gasteiger partial charge in [-0.2, -0.15) is 0 Å². The zero-order valence-electron chi connectivity index (χ0n) is 9.51. The van der Waals surface area contributed by atoms with E-state index in [1.54, 1.807) is 0 Å². The number of Topliss-reactive ketones (excluding diaryl/α,β-unsaturated/α-hetero) is 1. The largest absolute Gasteiger partial charge is 0.498 e. The number of allylic oxidation sites excluding steroid dienone is 4. The van der Waals surface area contributed by atoms with Crippen LogP contribution >= 0.6 is 0 Å². The molecule has 2 nitrogen and oxygen atoms in total. The average Bonchev–Trinajstić information content (AvgIpc) is 2.22. The fourth-order valence-corrected chi connectivity index (χ4v) is 2.44. The number of carbonyl (C=O) groups excluding carboxylic acids is 1. The zero-order chi connectivity index (χ0) is 10.9. The molecule has 0 amide bonds. The van der Waals surface area contributed by atoms with Crippen molar-refractivity contribution in [1.29, 1.82) is 0 Å². The highest BCUT2D eigenvalue weighted by Gasteiger charge is 2.39. The number of ether oxygens (including phenoxy) is 1. The van der Waals surface area contributed by atoms with Crippen LogP contribution in [-0.2, 0) is 9.53 Å². The van der Waals surface area contributed by atoms with E-state index in [2.05, 4.69) is 19.1 Å². The summed E-state index contributed by atoms with van der Waals surface area (Å²) in [7, 11) is 0. The zero-order valence-corrected chi connectivity index (χ0v) is 9.51. The molecule has 0 aromatic heterocycles. The van der Waals surface area contributed by atoms with Crippen molar-refractivity contribution in [3.63, 3.8) is 0 Å². The molecule has 0 aliphatic heterocycles. The lowest BCUT2D eigenvalue weighted by atomic mass is 9.67. The summed E-state index contributed by atoms with van der Waals surface area (Å²) in [5, 5.41) is 0. The van der Waals surface area contributed by atoms with E-state index in [9.17, 15) is 4.79 Å². The van der Waals surface area contributed by atoms with E-state index in [1.165, 1.54) is 5.57 Å². The number of ketones is 1. The third kappa shape index (κ3) is 1.73. The minimum absolute atomic E-state index is 0.223. The van der Waals surface area contributed by atoms with Gasteiger partial charge in [-0.3, -0.25) is 4.79 Å². The molecule has 0 aromatic carbocycles. The first kappa shape index (κ1) is 10.5. The van der Waals surface area contributed by atoms with Gasteiger partial charge in [0.15, 0.2) is 0 Å². The molecule has 2 rings (SSSR count). The van der Waals surface area contributed by atoms with Gasteiger partial charge in [0.25, 0.3) is 0 Å². The van der Waals surface area contributed by atoms with Crippen molar-refractivity contribution in [2.24, 2.45) is 5.41 Å². The van der Waals surface area contributed by atoms with E-state index >= 15 is 0 Å². The quantitative estimate of drug-likeness (QED) is 0.694. The van der Waals surface area contributed by atoms with Gasteiger partial charge >= 0.3 is 0 Å². The second-order valence-corrected chi connectivity index (χ2v) is 4.50. The summed E-state index contributed by atoms with van der Waals surface area (Å²) in [6, 6.07) is 0. The fourth-order valence-electron chi connectivity index (χ4n) is 2.44. The van der Waals surface area contributed by atoms with E-state index in [0.29, 0.717) is 18.8 Å². The Kier molecular flexibility index (Phi) is 2.68. The van der Waals surface area contributed by atoms with Crippen LogP contribution in [0.2, 0.25) is 0 Å². The third-order valence-electron chi connectivity index (χ3n) is 3.51. The minimum atomic E-state index is -0.223. The monoisotopic (exact) mass is 206 g/mol. The Morgan fingerprint density at radius 3 is 3.00 bits per heavy atom. The lowest BCUT2D eigenvalue weighted by Gasteiger charge is -2.36. The third-order valence-corrected chi connectivity index (χ3v) is 3.51. The molecule has 2 aliphatic carbocycles. The predicted molar refractivity (Wildman–Crippen MR) is 59.4 cm³/mol. The van der Waals surface area contributed by atoms with Crippen LogP contribution in [0.1, 0.15) is 39.5 Å². The van der Waals surface area contributed by atoms with Crippen molar-refractivity contribution in [1.82, 2.24) is 0 Å². The van der Waals surface area contributed by atoms with Gasteiger partial charge in [-0.25, -0.2) is 0 Å². The van der Waals surface area contributed by atoms with Crippen LogP contribution in [0, 0.1) is 5.41 Å². The normalized spacial score (nSPS) is 30.4. The van der Waals surface area contributed by atoms with Crippen LogP contribution in [0.5, 0.6) is 0 Å². The maximum Gasteiger partial charge on any atom is 0.143 e. The van der Waals surface area contributed by atoms with Crippen molar-refractivity contribution in [2.75, 3.05) is 6.61 Å². The van der Waals surface area contributed by atoms with Gasteiger partial charge in [0, 0.05) is 12.8 Å². The number of hydrogen-bond acceptors (Lipinski definition) is 2. The van der Waals surface area contributed by atoms with Gasteiger partial charge in [0.05, 0.1) is 17.8 Å². The van der Waals surface area contributed by atoms with Crippen molar-refractivity contribution in [2.45, 2.75) is 39.5 Å². The Labute approximate surface area is 91.0 Å². The van der Waals surface area contributed by atoms with E-state index in [1.807, 2.05) is 6.92 Å². The number of fused-ring (bicyclic) bond motifs is 1. The first-order valence-electron chi connectivity index (χ1n) is 5.74. The lowest BCUT2D eigenvalue weighted by Crippen LogP contribution is -2.34. The van der Waals surface area contributed by atoms with E-state index < -0.39 is 0 Å². The van der Waals surface area contributed by atoms with Crippen LogP contribution in [0.25, 0.3) is 0 Å². The van der Waals surface area contributed by atoms with Crippen molar-refractivity contribution >= 4 is 5.78 Å². The second kappa shape index (κ2) is 3.84. The Bertz CT molecular complexity index is 338. The highest BCUT2D eigenvalue weighted by molar-refractivity contribution is 5.89. The van der Waals surface area contributed by atoms with Gasteiger partial charge in [0.2, 0.25) is 0 Å². The summed E-state index contributed by atoms with van der Waals surface area (Å²) in [4.78, 5) is 11.9. The van der Waals surface area contributed by atoms with Crippen LogP contribution in [0.15, 0.2) is 23.5 Å². The van der Waals surface area contributed by atoms with Crippen LogP contribution in [0.4, 0.5) is 0 Å². The average molecular weight is 206 g/mol. The summed E-state index contributed by atoms with van der Waals surface area (Å²) < 4.78 is 5.52. The standard InChI is InChI=1S/C13H18O2/c1-3-15-11-7-8-13(2)10(9-11)5-4-6-12(13)14/h5,9H,3-4,6-8H2,1-2H3/t13-/m0/s1. The highest BCUT2D eigenvalue weighted by atomic mass is 16.5. The summed E-state index contributed by atoms with van der Waals surface area (Å²) in [6.45, 7) is 4.78. The predicted octanol–water partition coefficient (Wildman–Crippen LogP) is 3.00. The molecule has 0 fully saturated rings. The van der Waals surface area contributed by atoms with Gasteiger partial charge < -0.3 is 4.74 Å². The Balaban J connectivity index is 2.29. The number of hydrogen-bond donors (Lipinski definition) is 0. The summed E-state index contributed by atoms with van der Waals surface area (Å²) >= 11 is 0. The Morgan fingerprint density at radius 2 is 2.27 bits per heavy atom. The molecule has 0 N–H and O–H groups in total. The number of rotatable bonds is 2. The number of carbonyl (C=O) groups is 1. The van der Waals surface area contributed by atoms with Crippen LogP contribution in [0.3, 0.4) is 0 Å². The first-order chi connectivity index (χ1) is 7.16. The van der Waals surface area contributed by atoms with E-state index in [-0.39, 0.29) is 5.41 Å². The van der Waals surface area contributed by atoms with Crippen LogP contribution in [-0.4, -0.2) is 12.4 Å². The molecule has 0 radical (unpaired) electrons. The molecular weight excluding hydrogens is 188 g/mol. The van der Waals surface area contributed by atoms with Crippen molar-refractivity contribution < 1.29 is 9.53 Å². The SMILES string of the molecule is CCOC1=CC2=CCCC(=O)[C@@]2(C)CC1. The molecule has 0 saturated carbocycles. The summed E-state index contributed by atoms with van der Waals surface area (Å²) in [6.07, 6.45) is 7.66. The molecule has 0 heterocycles. The van der Waals surface area contributed by atoms with Crippen molar-refractivity contribution in [3.05, 3.63) is 23.5 Å². The minimum Gasteiger partial charge on any atom is -0.498 e. The molecule has 0 saturated heterocycles. The fraction of sp³-hybridized carbons (Fsp3) is 0.615. The van der Waals surface area contributed by atoms with E-state index in [4.69, 9.17) is 4.74 Å². The second-order valence-electron chi connectivity index (χ2n) is 4.50. The maximum atomic E-state index is 11.9. The summed E-state index contributed by atoms with van der Waals surface area (Å²) in [5.74, 6) is 1.43. The van der Waals surface area contributed by atoms with E-state index in [0.717, 1.165) is 25.0 Å². The molecule has 0 aromatic rings. The van der Waals surface area contributed by atoms with Gasteiger partial charge in [-0.05, 0) is 38.3 Å². The molecule has 0 spiro atoms. The summed E-state index contributed by atoms with van der Waals surface area (Å²) in [5.41, 5.74) is 0.951. The Hall–Kier alpha value is -1.05. The van der Waals surface area contributed by atoms with Gasteiger partial charge in [-0.15, -0.1) is 0 Å². The molecule has 2 aliphatic rings. The van der Waals surface area contributed by atoms with Crippen molar-refractivity contribution in [3.8, 4) is 0 Å². The molecule has 0 unspecified atom stereocenters. The molecule has 82 valence electrons. The van der Waals surface area contributed by atoms with Crippen LogP contribution < -0.4 is 0 Å². The molecule has 2 heteroatoms. The van der Waals surface area contributed by atoms with Gasteiger partial charge in [0.1, 0.15) is 5.78 Å². The Morgan fingerprint density at radius 1 is 1.47 bits per heavy atom. The smallest absolute Gasteiger partial charge is 0.143 e. The molecule has 1 atom stereocenters. The van der Waals surface area contributed by atoms with Gasteiger partial charge in [-0.1, -0.05) is 6.08 Å². The lowest BCUT2D eigenvalue weighted by molar-refractivity contribution is -0.127. The molecular formula is C13H18O2. The molecule has 15 heavy (non-hydrogen) atoms. The topological polar surface area (TPSA) is 26.3 Å². The highest BCUT2D eigenvalue weighted by Crippen LogP contribution is 2.43. The molecule has 0 bridgehead atoms. The maximum absolute atomic E-state index is 11.9.